The van der Waals surface area contributed by atoms with Crippen LogP contribution in [0, 0.1) is 10.1 Å². The Bertz CT molecular complexity index is 661. The molecule has 0 aliphatic carbocycles. The van der Waals surface area contributed by atoms with Crippen LogP contribution in [0.25, 0.3) is 0 Å². The quantitative estimate of drug-likeness (QED) is 0.688. The lowest BCUT2D eigenvalue weighted by atomic mass is 10.2. The van der Waals surface area contributed by atoms with E-state index in [4.69, 9.17) is 23.2 Å². The summed E-state index contributed by atoms with van der Waals surface area (Å²) < 4.78 is 0. The van der Waals surface area contributed by atoms with Crippen LogP contribution in [0.2, 0.25) is 10.0 Å². The van der Waals surface area contributed by atoms with Crippen LogP contribution in [-0.2, 0) is 6.54 Å². The summed E-state index contributed by atoms with van der Waals surface area (Å²) >= 11 is 13.1. The normalized spacial score (nSPS) is 10.3. The summed E-state index contributed by atoms with van der Waals surface area (Å²) in [4.78, 5) is 26.8. The number of aromatic nitrogens is 1. The highest BCUT2D eigenvalue weighted by Gasteiger charge is 2.19. The van der Waals surface area contributed by atoms with Crippen LogP contribution in [0.5, 0.6) is 0 Å². The molecule has 20 heavy (non-hydrogen) atoms. The zero-order chi connectivity index (χ0) is 14.7. The van der Waals surface area contributed by atoms with Crippen LogP contribution in [0.1, 0.15) is 15.2 Å². The van der Waals surface area contributed by atoms with E-state index in [-0.39, 0.29) is 27.8 Å². The number of non-ortho nitro benzene ring substituents is 1. The molecule has 6 nitrogen and oxygen atoms in total. The zero-order valence-electron chi connectivity index (χ0n) is 9.80. The molecule has 1 N–H and O–H groups in total. The lowest BCUT2D eigenvalue weighted by molar-refractivity contribution is -0.384. The van der Waals surface area contributed by atoms with Crippen LogP contribution >= 0.6 is 34.5 Å². The van der Waals surface area contributed by atoms with Gasteiger partial charge in [0.15, 0.2) is 0 Å². The summed E-state index contributed by atoms with van der Waals surface area (Å²) in [5, 5.41) is 13.3. The molecule has 0 saturated heterocycles. The number of halogens is 2. The lowest BCUT2D eigenvalue weighted by Gasteiger charge is -2.06. The van der Waals surface area contributed by atoms with Crippen LogP contribution in [0.3, 0.4) is 0 Å². The Morgan fingerprint density at radius 3 is 2.80 bits per heavy atom. The van der Waals surface area contributed by atoms with Gasteiger partial charge in [0.2, 0.25) is 0 Å². The number of carbonyl (C=O) groups is 1. The molecule has 0 atom stereocenters. The monoisotopic (exact) mass is 331 g/mol. The van der Waals surface area contributed by atoms with Crippen molar-refractivity contribution in [3.05, 3.63) is 54.4 Å². The van der Waals surface area contributed by atoms with Gasteiger partial charge in [-0.1, -0.05) is 23.2 Å². The first-order chi connectivity index (χ1) is 9.49. The molecule has 1 aromatic heterocycles. The van der Waals surface area contributed by atoms with Gasteiger partial charge in [-0.25, -0.2) is 0 Å². The molecule has 0 unspecified atom stereocenters. The minimum absolute atomic E-state index is 0.0147. The van der Waals surface area contributed by atoms with E-state index in [1.807, 2.05) is 0 Å². The Kier molecular flexibility index (Phi) is 4.53. The van der Waals surface area contributed by atoms with Gasteiger partial charge < -0.3 is 5.32 Å². The number of amides is 1. The molecule has 104 valence electrons. The van der Waals surface area contributed by atoms with E-state index in [1.54, 1.807) is 11.7 Å². The molecule has 0 saturated carbocycles. The second kappa shape index (κ2) is 6.17. The standard InChI is InChI=1S/C11H7Cl2N3O3S/c12-9-2-6(16(18)19)1-8(10(9)13)11(17)15-4-7-3-14-5-20-7/h1-3,5H,4H2,(H,15,17). The van der Waals surface area contributed by atoms with Gasteiger partial charge in [-0.2, -0.15) is 0 Å². The van der Waals surface area contributed by atoms with Crippen molar-refractivity contribution in [1.29, 1.82) is 0 Å². The Morgan fingerprint density at radius 1 is 1.45 bits per heavy atom. The smallest absolute Gasteiger partial charge is 0.271 e. The van der Waals surface area contributed by atoms with Gasteiger partial charge in [0.1, 0.15) is 0 Å². The summed E-state index contributed by atoms with van der Waals surface area (Å²) in [6.45, 7) is 0.264. The lowest BCUT2D eigenvalue weighted by Crippen LogP contribution is -2.22. The molecule has 0 bridgehead atoms. The Labute approximate surface area is 127 Å². The van der Waals surface area contributed by atoms with Gasteiger partial charge in [-0.15, -0.1) is 11.3 Å². The number of nitro benzene ring substituents is 1. The average molecular weight is 332 g/mol. The molecule has 1 heterocycles. The summed E-state index contributed by atoms with van der Waals surface area (Å²) in [6, 6.07) is 2.19. The fraction of sp³-hybridized carbons (Fsp3) is 0.0909. The van der Waals surface area contributed by atoms with E-state index < -0.39 is 10.8 Å². The van der Waals surface area contributed by atoms with Crippen LogP contribution < -0.4 is 5.32 Å². The SMILES string of the molecule is O=C(NCc1cncs1)c1cc([N+](=O)[O-])cc(Cl)c1Cl. The Balaban J connectivity index is 2.22. The predicted octanol–water partition coefficient (Wildman–Crippen LogP) is 3.29. The highest BCUT2D eigenvalue weighted by Crippen LogP contribution is 2.30. The number of hydrogen-bond donors (Lipinski definition) is 1. The molecular formula is C11H7Cl2N3O3S. The van der Waals surface area contributed by atoms with Gasteiger partial charge in [-0.05, 0) is 0 Å². The first kappa shape index (κ1) is 14.7. The van der Waals surface area contributed by atoms with Crippen molar-refractivity contribution < 1.29 is 9.72 Å². The molecule has 1 aromatic carbocycles. The van der Waals surface area contributed by atoms with Gasteiger partial charge in [-0.3, -0.25) is 19.9 Å². The van der Waals surface area contributed by atoms with E-state index >= 15 is 0 Å². The number of nitro groups is 1. The number of rotatable bonds is 4. The topological polar surface area (TPSA) is 85.1 Å². The summed E-state index contributed by atoms with van der Waals surface area (Å²) in [6.07, 6.45) is 1.62. The maximum Gasteiger partial charge on any atom is 0.271 e. The Hall–Kier alpha value is -1.70. The van der Waals surface area contributed by atoms with Crippen molar-refractivity contribution in [2.24, 2.45) is 0 Å². The van der Waals surface area contributed by atoms with Gasteiger partial charge in [0.25, 0.3) is 11.6 Å². The zero-order valence-corrected chi connectivity index (χ0v) is 12.1. The van der Waals surface area contributed by atoms with E-state index in [2.05, 4.69) is 10.3 Å². The largest absolute Gasteiger partial charge is 0.347 e. The maximum atomic E-state index is 12.0. The summed E-state index contributed by atoms with van der Waals surface area (Å²) in [5.41, 5.74) is 1.32. The van der Waals surface area contributed by atoms with E-state index in [1.165, 1.54) is 11.3 Å². The molecule has 0 radical (unpaired) electrons. The fourth-order valence-electron chi connectivity index (χ4n) is 1.44. The maximum absolute atomic E-state index is 12.0. The number of carbonyl (C=O) groups excluding carboxylic acids is 1. The minimum atomic E-state index is -0.637. The first-order valence-electron chi connectivity index (χ1n) is 5.28. The van der Waals surface area contributed by atoms with Gasteiger partial charge >= 0.3 is 0 Å². The Morgan fingerprint density at radius 2 is 2.20 bits per heavy atom. The highest BCUT2D eigenvalue weighted by molar-refractivity contribution is 7.09. The second-order valence-corrected chi connectivity index (χ2v) is 5.45. The fourth-order valence-corrected chi connectivity index (χ4v) is 2.38. The molecule has 0 spiro atoms. The third-order valence-electron chi connectivity index (χ3n) is 2.38. The van der Waals surface area contributed by atoms with Gasteiger partial charge in [0, 0.05) is 23.2 Å². The van der Waals surface area contributed by atoms with E-state index in [0.717, 1.165) is 17.0 Å². The highest BCUT2D eigenvalue weighted by atomic mass is 35.5. The number of hydrogen-bond acceptors (Lipinski definition) is 5. The van der Waals surface area contributed by atoms with Crippen molar-refractivity contribution in [2.45, 2.75) is 6.54 Å². The molecule has 2 rings (SSSR count). The summed E-state index contributed by atoms with van der Waals surface area (Å²) in [7, 11) is 0. The van der Waals surface area contributed by atoms with E-state index in [0.29, 0.717) is 0 Å². The molecule has 9 heteroatoms. The number of nitrogens with zero attached hydrogens (tertiary/aromatic N) is 2. The summed E-state index contributed by atoms with van der Waals surface area (Å²) in [5.74, 6) is -0.533. The molecule has 0 aliphatic heterocycles. The molecule has 0 aliphatic rings. The average Bonchev–Trinajstić information content (AvgIpc) is 2.92. The molecule has 1 amide bonds. The number of benzene rings is 1. The third-order valence-corrected chi connectivity index (χ3v) is 3.96. The predicted molar refractivity (Wildman–Crippen MR) is 76.4 cm³/mol. The van der Waals surface area contributed by atoms with Crippen LogP contribution in [0.4, 0.5) is 5.69 Å². The molecule has 0 fully saturated rings. The minimum Gasteiger partial charge on any atom is -0.347 e. The van der Waals surface area contributed by atoms with Crippen molar-refractivity contribution in [3.63, 3.8) is 0 Å². The van der Waals surface area contributed by atoms with Crippen molar-refractivity contribution in [1.82, 2.24) is 10.3 Å². The van der Waals surface area contributed by atoms with Crippen molar-refractivity contribution >= 4 is 46.1 Å². The first-order valence-corrected chi connectivity index (χ1v) is 6.91. The van der Waals surface area contributed by atoms with Crippen molar-refractivity contribution in [2.75, 3.05) is 0 Å². The second-order valence-electron chi connectivity index (χ2n) is 3.70. The van der Waals surface area contributed by atoms with E-state index in [9.17, 15) is 14.9 Å². The molecule has 2 aromatic rings. The van der Waals surface area contributed by atoms with Gasteiger partial charge in [0.05, 0.1) is 32.6 Å². The van der Waals surface area contributed by atoms with Crippen molar-refractivity contribution in [3.8, 4) is 0 Å². The van der Waals surface area contributed by atoms with Crippen LogP contribution in [0.15, 0.2) is 23.8 Å². The van der Waals surface area contributed by atoms with Crippen LogP contribution in [-0.4, -0.2) is 15.8 Å². The number of nitrogens with one attached hydrogen (secondary N) is 1. The third kappa shape index (κ3) is 3.24. The number of thiazole rings is 1. The molecular weight excluding hydrogens is 325 g/mol.